The summed E-state index contributed by atoms with van der Waals surface area (Å²) >= 11 is 9.42. The molecule has 1 aromatic rings. The molecule has 0 saturated heterocycles. The van der Waals surface area contributed by atoms with Crippen molar-refractivity contribution in [1.29, 1.82) is 0 Å². The fourth-order valence-corrected chi connectivity index (χ4v) is 2.39. The lowest BCUT2D eigenvalue weighted by Gasteiger charge is -2.21. The minimum atomic E-state index is -0.741. The van der Waals surface area contributed by atoms with Crippen LogP contribution >= 0.6 is 27.5 Å². The van der Waals surface area contributed by atoms with Crippen LogP contribution in [0.1, 0.15) is 24.8 Å². The highest BCUT2D eigenvalue weighted by molar-refractivity contribution is 9.10. The lowest BCUT2D eigenvalue weighted by atomic mass is 10.2. The molecule has 0 aromatic heterocycles. The van der Waals surface area contributed by atoms with Gasteiger partial charge >= 0.3 is 5.97 Å². The predicted octanol–water partition coefficient (Wildman–Crippen LogP) is 3.54. The summed E-state index contributed by atoms with van der Waals surface area (Å²) < 4.78 is 0.886. The average molecular weight is 333 g/mol. The molecule has 5 heteroatoms. The quantitative estimate of drug-likeness (QED) is 0.866. The van der Waals surface area contributed by atoms with Crippen molar-refractivity contribution in [2.24, 2.45) is 0 Å². The number of hydrogen-bond acceptors (Lipinski definition) is 2. The molecule has 98 valence electrons. The molecule has 1 aliphatic carbocycles. The Morgan fingerprint density at radius 2 is 2.22 bits per heavy atom. The zero-order valence-corrected chi connectivity index (χ0v) is 12.2. The van der Waals surface area contributed by atoms with Crippen LogP contribution in [0.25, 0.3) is 0 Å². The highest BCUT2D eigenvalue weighted by Gasteiger charge is 2.29. The zero-order valence-electron chi connectivity index (χ0n) is 9.90. The summed E-state index contributed by atoms with van der Waals surface area (Å²) in [6, 6.07) is 6.43. The number of carbonyl (C=O) groups is 1. The Hall–Kier alpha value is -0.580. The molecule has 0 unspecified atom stereocenters. The molecule has 1 aliphatic rings. The minimum absolute atomic E-state index is 0.195. The molecule has 0 aliphatic heterocycles. The lowest BCUT2D eigenvalue weighted by molar-refractivity contribution is -0.137. The van der Waals surface area contributed by atoms with E-state index in [0.717, 1.165) is 16.6 Å². The summed E-state index contributed by atoms with van der Waals surface area (Å²) in [5, 5.41) is 9.45. The molecule has 18 heavy (non-hydrogen) atoms. The summed E-state index contributed by atoms with van der Waals surface area (Å²) in [4.78, 5) is 12.9. The van der Waals surface area contributed by atoms with Crippen molar-refractivity contribution >= 4 is 33.5 Å². The van der Waals surface area contributed by atoms with Gasteiger partial charge in [0.1, 0.15) is 0 Å². The van der Waals surface area contributed by atoms with E-state index in [1.807, 2.05) is 18.2 Å². The van der Waals surface area contributed by atoms with Gasteiger partial charge in [0, 0.05) is 23.6 Å². The standard InChI is InChI=1S/C13H15BrClNO2/c14-11-4-1-9(7-12(11)15)8-16(10-2-3-10)6-5-13(17)18/h1,4,7,10H,2-3,5-6,8H2,(H,17,18). The molecule has 0 amide bonds. The van der Waals surface area contributed by atoms with Crippen molar-refractivity contribution in [1.82, 2.24) is 4.90 Å². The van der Waals surface area contributed by atoms with Gasteiger partial charge < -0.3 is 5.11 Å². The minimum Gasteiger partial charge on any atom is -0.481 e. The van der Waals surface area contributed by atoms with Crippen LogP contribution in [0, 0.1) is 0 Å². The van der Waals surface area contributed by atoms with E-state index < -0.39 is 5.97 Å². The Morgan fingerprint density at radius 1 is 1.50 bits per heavy atom. The molecular formula is C13H15BrClNO2. The van der Waals surface area contributed by atoms with Crippen LogP contribution in [-0.4, -0.2) is 28.6 Å². The van der Waals surface area contributed by atoms with E-state index >= 15 is 0 Å². The van der Waals surface area contributed by atoms with Gasteiger partial charge in [0.25, 0.3) is 0 Å². The third-order valence-electron chi connectivity index (χ3n) is 3.05. The molecule has 2 rings (SSSR count). The van der Waals surface area contributed by atoms with Crippen molar-refractivity contribution in [3.63, 3.8) is 0 Å². The molecule has 0 spiro atoms. The second-order valence-electron chi connectivity index (χ2n) is 4.59. The van der Waals surface area contributed by atoms with Crippen LogP contribution in [0.3, 0.4) is 0 Å². The first kappa shape index (κ1) is 13.8. The number of hydrogen-bond donors (Lipinski definition) is 1. The first-order chi connectivity index (χ1) is 8.56. The first-order valence-corrected chi connectivity index (χ1v) is 7.13. The Balaban J connectivity index is 1.99. The first-order valence-electron chi connectivity index (χ1n) is 5.96. The third kappa shape index (κ3) is 3.97. The maximum atomic E-state index is 10.6. The normalized spacial score (nSPS) is 15.1. The second kappa shape index (κ2) is 6.04. The number of carboxylic acids is 1. The van der Waals surface area contributed by atoms with Crippen molar-refractivity contribution in [3.05, 3.63) is 33.3 Å². The van der Waals surface area contributed by atoms with Gasteiger partial charge in [-0.3, -0.25) is 9.69 Å². The van der Waals surface area contributed by atoms with Gasteiger partial charge in [-0.2, -0.15) is 0 Å². The van der Waals surface area contributed by atoms with E-state index in [-0.39, 0.29) is 6.42 Å². The molecule has 1 fully saturated rings. The molecule has 1 aromatic carbocycles. The highest BCUT2D eigenvalue weighted by Crippen LogP contribution is 2.30. The molecule has 0 atom stereocenters. The molecule has 0 bridgehead atoms. The zero-order chi connectivity index (χ0) is 13.1. The molecule has 3 nitrogen and oxygen atoms in total. The lowest BCUT2D eigenvalue weighted by Crippen LogP contribution is -2.28. The van der Waals surface area contributed by atoms with Crippen molar-refractivity contribution in [2.75, 3.05) is 6.54 Å². The summed E-state index contributed by atoms with van der Waals surface area (Å²) in [5.74, 6) is -0.741. The van der Waals surface area contributed by atoms with Crippen LogP contribution < -0.4 is 0 Å². The molecule has 1 saturated carbocycles. The van der Waals surface area contributed by atoms with Crippen molar-refractivity contribution in [2.45, 2.75) is 31.8 Å². The topological polar surface area (TPSA) is 40.5 Å². The van der Waals surface area contributed by atoms with Gasteiger partial charge in [0.05, 0.1) is 11.4 Å². The summed E-state index contributed by atoms with van der Waals surface area (Å²) in [5.41, 5.74) is 1.13. The van der Waals surface area contributed by atoms with Crippen LogP contribution in [0.15, 0.2) is 22.7 Å². The summed E-state index contributed by atoms with van der Waals surface area (Å²) in [7, 11) is 0. The van der Waals surface area contributed by atoms with E-state index in [0.29, 0.717) is 17.6 Å². The van der Waals surface area contributed by atoms with E-state index in [9.17, 15) is 4.79 Å². The maximum absolute atomic E-state index is 10.6. The number of nitrogens with zero attached hydrogens (tertiary/aromatic N) is 1. The van der Waals surface area contributed by atoms with Gasteiger partial charge in [0.2, 0.25) is 0 Å². The predicted molar refractivity (Wildman–Crippen MR) is 74.8 cm³/mol. The summed E-state index contributed by atoms with van der Waals surface area (Å²) in [6.07, 6.45) is 2.54. The van der Waals surface area contributed by atoms with E-state index in [1.54, 1.807) is 0 Å². The van der Waals surface area contributed by atoms with Crippen LogP contribution in [-0.2, 0) is 11.3 Å². The van der Waals surface area contributed by atoms with E-state index in [2.05, 4.69) is 20.8 Å². The SMILES string of the molecule is O=C(O)CCN(Cc1ccc(Br)c(Cl)c1)C1CC1. The molecule has 0 radical (unpaired) electrons. The van der Waals surface area contributed by atoms with Gasteiger partial charge in [-0.15, -0.1) is 0 Å². The highest BCUT2D eigenvalue weighted by atomic mass is 79.9. The average Bonchev–Trinajstić information content (AvgIpc) is 3.13. The third-order valence-corrected chi connectivity index (χ3v) is 4.28. The van der Waals surface area contributed by atoms with Gasteiger partial charge in [-0.05, 0) is 46.5 Å². The van der Waals surface area contributed by atoms with E-state index in [1.165, 1.54) is 12.8 Å². The van der Waals surface area contributed by atoms with Gasteiger partial charge in [-0.1, -0.05) is 17.7 Å². The molecule has 1 N–H and O–H groups in total. The van der Waals surface area contributed by atoms with Gasteiger partial charge in [-0.25, -0.2) is 0 Å². The number of carboxylic acid groups (broad SMARTS) is 1. The van der Waals surface area contributed by atoms with Crippen LogP contribution in [0.4, 0.5) is 0 Å². The van der Waals surface area contributed by atoms with Crippen molar-refractivity contribution < 1.29 is 9.90 Å². The number of benzene rings is 1. The Kier molecular flexibility index (Phi) is 4.65. The van der Waals surface area contributed by atoms with E-state index in [4.69, 9.17) is 16.7 Å². The smallest absolute Gasteiger partial charge is 0.304 e. The maximum Gasteiger partial charge on any atom is 0.304 e. The number of rotatable bonds is 6. The molecular weight excluding hydrogens is 318 g/mol. The monoisotopic (exact) mass is 331 g/mol. The summed E-state index contributed by atoms with van der Waals surface area (Å²) in [6.45, 7) is 1.37. The van der Waals surface area contributed by atoms with Crippen molar-refractivity contribution in [3.8, 4) is 0 Å². The fourth-order valence-electron chi connectivity index (χ4n) is 1.94. The number of halogens is 2. The van der Waals surface area contributed by atoms with Crippen LogP contribution in [0.2, 0.25) is 5.02 Å². The second-order valence-corrected chi connectivity index (χ2v) is 5.86. The Morgan fingerprint density at radius 3 is 2.78 bits per heavy atom. The Bertz CT molecular complexity index is 449. The van der Waals surface area contributed by atoms with Gasteiger partial charge in [0.15, 0.2) is 0 Å². The number of aliphatic carboxylic acids is 1. The largest absolute Gasteiger partial charge is 0.481 e. The van der Waals surface area contributed by atoms with Crippen LogP contribution in [0.5, 0.6) is 0 Å². The Labute approximate surface area is 120 Å². The molecule has 0 heterocycles. The fraction of sp³-hybridized carbons (Fsp3) is 0.462.